The summed E-state index contributed by atoms with van der Waals surface area (Å²) in [5, 5.41) is 2.17. The fourth-order valence-electron chi connectivity index (χ4n) is 3.40. The fraction of sp³-hybridized carbons (Fsp3) is 0.750. The molecule has 1 aromatic heterocycles. The molecular formula is C16H29N3S. The van der Waals surface area contributed by atoms with E-state index in [0.717, 1.165) is 26.1 Å². The number of likely N-dealkylation sites (tertiary alicyclic amines) is 1. The highest BCUT2D eigenvalue weighted by molar-refractivity contribution is 7.10. The fourth-order valence-corrected chi connectivity index (χ4v) is 4.34. The van der Waals surface area contributed by atoms with Crippen molar-refractivity contribution in [2.75, 3.05) is 26.2 Å². The van der Waals surface area contributed by atoms with Gasteiger partial charge in [0, 0.05) is 30.1 Å². The van der Waals surface area contributed by atoms with Crippen molar-refractivity contribution < 1.29 is 0 Å². The maximum Gasteiger partial charge on any atom is 0.0593 e. The molecule has 3 unspecified atom stereocenters. The van der Waals surface area contributed by atoms with Gasteiger partial charge < -0.3 is 5.73 Å². The van der Waals surface area contributed by atoms with Crippen molar-refractivity contribution in [2.45, 2.75) is 51.7 Å². The summed E-state index contributed by atoms with van der Waals surface area (Å²) in [5.41, 5.74) is 6.43. The van der Waals surface area contributed by atoms with Crippen LogP contribution in [-0.4, -0.2) is 48.1 Å². The van der Waals surface area contributed by atoms with E-state index in [0.29, 0.717) is 12.1 Å². The summed E-state index contributed by atoms with van der Waals surface area (Å²) >= 11 is 1.85. The van der Waals surface area contributed by atoms with E-state index in [2.05, 4.69) is 48.1 Å². The SMILES string of the molecule is CCC(N)C(c1cccs1)N1CCC(N(CC)CC)C1. The van der Waals surface area contributed by atoms with Crippen molar-refractivity contribution in [3.8, 4) is 0 Å². The van der Waals surface area contributed by atoms with E-state index in [1.165, 1.54) is 17.8 Å². The van der Waals surface area contributed by atoms with Crippen LogP contribution in [0.15, 0.2) is 17.5 Å². The van der Waals surface area contributed by atoms with E-state index >= 15 is 0 Å². The van der Waals surface area contributed by atoms with Gasteiger partial charge in [0.05, 0.1) is 6.04 Å². The van der Waals surface area contributed by atoms with Crippen molar-refractivity contribution >= 4 is 11.3 Å². The number of nitrogens with zero attached hydrogens (tertiary/aromatic N) is 2. The Morgan fingerprint density at radius 1 is 1.40 bits per heavy atom. The monoisotopic (exact) mass is 295 g/mol. The van der Waals surface area contributed by atoms with Gasteiger partial charge in [-0.2, -0.15) is 0 Å². The van der Waals surface area contributed by atoms with E-state index in [-0.39, 0.29) is 6.04 Å². The quantitative estimate of drug-likeness (QED) is 0.839. The van der Waals surface area contributed by atoms with Crippen LogP contribution < -0.4 is 5.73 Å². The average Bonchev–Trinajstić information content (AvgIpc) is 3.13. The molecule has 1 saturated heterocycles. The molecule has 1 fully saturated rings. The third kappa shape index (κ3) is 3.42. The first kappa shape index (κ1) is 16.0. The molecule has 0 amide bonds. The van der Waals surface area contributed by atoms with E-state index in [4.69, 9.17) is 5.73 Å². The maximum absolute atomic E-state index is 6.43. The number of likely N-dealkylation sites (N-methyl/N-ethyl adjacent to an activating group) is 1. The van der Waals surface area contributed by atoms with Gasteiger partial charge in [-0.3, -0.25) is 9.80 Å². The van der Waals surface area contributed by atoms with Crippen LogP contribution in [0.1, 0.15) is 44.5 Å². The normalized spacial score (nSPS) is 23.4. The van der Waals surface area contributed by atoms with E-state index < -0.39 is 0 Å². The highest BCUT2D eigenvalue weighted by Crippen LogP contribution is 2.32. The highest BCUT2D eigenvalue weighted by atomic mass is 32.1. The highest BCUT2D eigenvalue weighted by Gasteiger charge is 2.34. The molecule has 3 nitrogen and oxygen atoms in total. The first-order valence-corrected chi connectivity index (χ1v) is 8.86. The van der Waals surface area contributed by atoms with Crippen molar-refractivity contribution in [1.82, 2.24) is 9.80 Å². The Kier molecular flexibility index (Phi) is 6.02. The lowest BCUT2D eigenvalue weighted by atomic mass is 10.0. The van der Waals surface area contributed by atoms with Gasteiger partial charge in [0.15, 0.2) is 0 Å². The smallest absolute Gasteiger partial charge is 0.0593 e. The Morgan fingerprint density at radius 2 is 2.15 bits per heavy atom. The molecule has 0 radical (unpaired) electrons. The van der Waals surface area contributed by atoms with E-state index in [9.17, 15) is 0 Å². The van der Waals surface area contributed by atoms with Gasteiger partial charge in [0.2, 0.25) is 0 Å². The lowest BCUT2D eigenvalue weighted by Gasteiger charge is -2.33. The molecule has 0 aliphatic carbocycles. The van der Waals surface area contributed by atoms with Crippen molar-refractivity contribution in [1.29, 1.82) is 0 Å². The van der Waals surface area contributed by atoms with E-state index in [1.807, 2.05) is 11.3 Å². The van der Waals surface area contributed by atoms with Crippen molar-refractivity contribution in [3.63, 3.8) is 0 Å². The molecule has 0 spiro atoms. The van der Waals surface area contributed by atoms with Crippen LogP contribution in [0.2, 0.25) is 0 Å². The Balaban J connectivity index is 2.08. The zero-order valence-corrected chi connectivity index (χ0v) is 13.9. The second kappa shape index (κ2) is 7.55. The molecule has 2 N–H and O–H groups in total. The minimum Gasteiger partial charge on any atom is -0.326 e. The van der Waals surface area contributed by atoms with Crippen LogP contribution in [0.3, 0.4) is 0 Å². The Hall–Kier alpha value is -0.420. The van der Waals surface area contributed by atoms with Crippen LogP contribution in [0, 0.1) is 0 Å². The molecule has 114 valence electrons. The molecule has 0 saturated carbocycles. The first-order valence-electron chi connectivity index (χ1n) is 7.98. The molecular weight excluding hydrogens is 266 g/mol. The van der Waals surface area contributed by atoms with Gasteiger partial charge >= 0.3 is 0 Å². The summed E-state index contributed by atoms with van der Waals surface area (Å²) in [7, 11) is 0. The minimum absolute atomic E-state index is 0.240. The van der Waals surface area contributed by atoms with Crippen LogP contribution in [0.25, 0.3) is 0 Å². The number of rotatable bonds is 7. The standard InChI is InChI=1S/C16H29N3S/c1-4-14(17)16(15-8-7-11-20-15)19-10-9-13(12-19)18(5-2)6-3/h7-8,11,13-14,16H,4-6,9-10,12,17H2,1-3H3. The minimum atomic E-state index is 0.240. The lowest BCUT2D eigenvalue weighted by molar-refractivity contribution is 0.173. The van der Waals surface area contributed by atoms with Crippen molar-refractivity contribution in [3.05, 3.63) is 22.4 Å². The number of hydrogen-bond donors (Lipinski definition) is 1. The molecule has 3 atom stereocenters. The predicted molar refractivity (Wildman–Crippen MR) is 88.2 cm³/mol. The van der Waals surface area contributed by atoms with Gasteiger partial charge in [-0.15, -0.1) is 11.3 Å². The summed E-state index contributed by atoms with van der Waals surface area (Å²) in [6, 6.07) is 5.74. The number of hydrogen-bond acceptors (Lipinski definition) is 4. The summed E-state index contributed by atoms with van der Waals surface area (Å²) in [4.78, 5) is 6.63. The molecule has 0 aromatic carbocycles. The van der Waals surface area contributed by atoms with Crippen LogP contribution in [0.4, 0.5) is 0 Å². The second-order valence-electron chi connectivity index (χ2n) is 5.69. The van der Waals surface area contributed by atoms with Crippen molar-refractivity contribution in [2.24, 2.45) is 5.73 Å². The zero-order chi connectivity index (χ0) is 14.5. The van der Waals surface area contributed by atoms with Gasteiger partial charge in [-0.1, -0.05) is 26.8 Å². The Morgan fingerprint density at radius 3 is 2.70 bits per heavy atom. The molecule has 0 bridgehead atoms. The van der Waals surface area contributed by atoms with Gasteiger partial charge in [0.25, 0.3) is 0 Å². The molecule has 1 aliphatic heterocycles. The summed E-state index contributed by atoms with van der Waals surface area (Å²) in [6.07, 6.45) is 2.31. The summed E-state index contributed by atoms with van der Waals surface area (Å²) in [6.45, 7) is 11.4. The predicted octanol–water partition coefficient (Wildman–Crippen LogP) is 2.94. The van der Waals surface area contributed by atoms with Crippen LogP contribution >= 0.6 is 11.3 Å². The van der Waals surface area contributed by atoms with Crippen LogP contribution in [0.5, 0.6) is 0 Å². The lowest BCUT2D eigenvalue weighted by Crippen LogP contribution is -2.42. The van der Waals surface area contributed by atoms with Gasteiger partial charge in [0.1, 0.15) is 0 Å². The second-order valence-corrected chi connectivity index (χ2v) is 6.67. The van der Waals surface area contributed by atoms with Crippen LogP contribution in [-0.2, 0) is 0 Å². The molecule has 1 aromatic rings. The number of thiophene rings is 1. The molecule has 2 rings (SSSR count). The molecule has 1 aliphatic rings. The Bertz CT molecular complexity index is 375. The summed E-state index contributed by atoms with van der Waals surface area (Å²) in [5.74, 6) is 0. The average molecular weight is 295 g/mol. The van der Waals surface area contributed by atoms with Gasteiger partial charge in [-0.05, 0) is 37.4 Å². The third-order valence-electron chi connectivity index (χ3n) is 4.63. The molecule has 4 heteroatoms. The topological polar surface area (TPSA) is 32.5 Å². The zero-order valence-electron chi connectivity index (χ0n) is 13.1. The summed E-state index contributed by atoms with van der Waals surface area (Å²) < 4.78 is 0. The molecule has 2 heterocycles. The third-order valence-corrected chi connectivity index (χ3v) is 5.57. The Labute approximate surface area is 127 Å². The number of nitrogens with two attached hydrogens (primary N) is 1. The first-order chi connectivity index (χ1) is 9.71. The van der Waals surface area contributed by atoms with Gasteiger partial charge in [-0.25, -0.2) is 0 Å². The maximum atomic E-state index is 6.43. The largest absolute Gasteiger partial charge is 0.326 e. The van der Waals surface area contributed by atoms with E-state index in [1.54, 1.807) is 0 Å². The molecule has 20 heavy (non-hydrogen) atoms.